The van der Waals surface area contributed by atoms with Crippen LogP contribution in [0.25, 0.3) is 10.8 Å². The van der Waals surface area contributed by atoms with Crippen molar-refractivity contribution in [3.8, 4) is 11.5 Å². The van der Waals surface area contributed by atoms with E-state index in [1.54, 1.807) is 0 Å². The van der Waals surface area contributed by atoms with Crippen LogP contribution < -0.4 is 9.47 Å². The van der Waals surface area contributed by atoms with Gasteiger partial charge in [-0.15, -0.1) is 0 Å². The fraction of sp³-hybridized carbons (Fsp3) is 0.207. The Kier molecular flexibility index (Phi) is 4.79. The monoisotopic (exact) mass is 434 g/mol. The molecule has 0 aliphatic carbocycles. The van der Waals surface area contributed by atoms with E-state index < -0.39 is 0 Å². The minimum Gasteiger partial charge on any atom is -0.491 e. The highest BCUT2D eigenvalue weighted by molar-refractivity contribution is 6.11. The summed E-state index contributed by atoms with van der Waals surface area (Å²) in [4.78, 5) is 0. The number of hydrogen-bond acceptors (Lipinski definition) is 4. The lowest BCUT2D eigenvalue weighted by Gasteiger charge is -2.38. The van der Waals surface area contributed by atoms with Gasteiger partial charge in [-0.25, -0.2) is 5.01 Å². The lowest BCUT2D eigenvalue weighted by atomic mass is 9.93. The zero-order chi connectivity index (χ0) is 22.4. The van der Waals surface area contributed by atoms with Crippen LogP contribution in [0.5, 0.6) is 11.5 Å². The Balaban J connectivity index is 1.48. The van der Waals surface area contributed by atoms with Crippen molar-refractivity contribution in [3.05, 3.63) is 108 Å². The van der Waals surface area contributed by atoms with Crippen molar-refractivity contribution in [2.24, 2.45) is 5.10 Å². The molecule has 4 aromatic rings. The van der Waals surface area contributed by atoms with Crippen molar-refractivity contribution in [1.29, 1.82) is 0 Å². The van der Waals surface area contributed by atoms with Gasteiger partial charge in [0.25, 0.3) is 0 Å². The Bertz CT molecular complexity index is 1360. The van der Waals surface area contributed by atoms with Crippen LogP contribution in [0.2, 0.25) is 0 Å². The zero-order valence-electron chi connectivity index (χ0n) is 18.8. The molecule has 4 heteroatoms. The molecule has 6 rings (SSSR count). The average molecular weight is 435 g/mol. The number of hydrogen-bond donors (Lipinski definition) is 0. The van der Waals surface area contributed by atoms with Gasteiger partial charge < -0.3 is 9.47 Å². The number of para-hydroxylation sites is 2. The van der Waals surface area contributed by atoms with Gasteiger partial charge in [0, 0.05) is 17.5 Å². The van der Waals surface area contributed by atoms with E-state index in [1.807, 2.05) is 38.1 Å². The molecule has 0 spiro atoms. The maximum Gasteiger partial charge on any atom is 0.217 e. The average Bonchev–Trinajstić information content (AvgIpc) is 3.29. The van der Waals surface area contributed by atoms with Crippen molar-refractivity contribution in [2.45, 2.75) is 38.6 Å². The van der Waals surface area contributed by atoms with Crippen molar-refractivity contribution in [3.63, 3.8) is 0 Å². The van der Waals surface area contributed by atoms with Gasteiger partial charge in [-0.3, -0.25) is 0 Å². The van der Waals surface area contributed by atoms with Crippen LogP contribution in [-0.4, -0.2) is 16.8 Å². The second-order valence-corrected chi connectivity index (χ2v) is 8.89. The lowest BCUT2D eigenvalue weighted by Crippen LogP contribution is -2.34. The smallest absolute Gasteiger partial charge is 0.217 e. The van der Waals surface area contributed by atoms with Crippen LogP contribution in [0, 0.1) is 0 Å². The molecule has 0 aromatic heterocycles. The highest BCUT2D eigenvalue weighted by atomic mass is 16.5. The minimum atomic E-state index is -0.354. The summed E-state index contributed by atoms with van der Waals surface area (Å²) < 4.78 is 12.7. The SMILES string of the molecule is CC(C)Oc1ccccc1[C@H]1Oc2ccccc2[C@H]2CC(c3cccc4ccccc34)=NN21. The van der Waals surface area contributed by atoms with E-state index in [2.05, 4.69) is 71.7 Å². The molecule has 0 radical (unpaired) electrons. The van der Waals surface area contributed by atoms with Gasteiger partial charge >= 0.3 is 0 Å². The van der Waals surface area contributed by atoms with Crippen molar-refractivity contribution in [1.82, 2.24) is 5.01 Å². The molecule has 4 aromatic carbocycles. The largest absolute Gasteiger partial charge is 0.491 e. The first-order valence-corrected chi connectivity index (χ1v) is 11.5. The minimum absolute atomic E-state index is 0.0751. The summed E-state index contributed by atoms with van der Waals surface area (Å²) in [5, 5.41) is 9.76. The van der Waals surface area contributed by atoms with Crippen LogP contribution in [-0.2, 0) is 0 Å². The predicted molar refractivity (Wildman–Crippen MR) is 132 cm³/mol. The first-order valence-electron chi connectivity index (χ1n) is 11.5. The molecule has 0 saturated heterocycles. The number of ether oxygens (including phenoxy) is 2. The van der Waals surface area contributed by atoms with Crippen LogP contribution in [0.3, 0.4) is 0 Å². The quantitative estimate of drug-likeness (QED) is 0.351. The van der Waals surface area contributed by atoms with E-state index in [-0.39, 0.29) is 18.4 Å². The van der Waals surface area contributed by atoms with Crippen molar-refractivity contribution < 1.29 is 9.47 Å². The Labute approximate surface area is 194 Å². The molecule has 2 aliphatic heterocycles. The highest BCUT2D eigenvalue weighted by Gasteiger charge is 2.42. The molecule has 0 bridgehead atoms. The normalized spacial score (nSPS) is 19.1. The molecule has 0 saturated carbocycles. The number of rotatable bonds is 4. The topological polar surface area (TPSA) is 34.1 Å². The number of fused-ring (bicyclic) bond motifs is 4. The molecular formula is C29H26N2O2. The van der Waals surface area contributed by atoms with E-state index in [4.69, 9.17) is 14.6 Å². The van der Waals surface area contributed by atoms with Gasteiger partial charge in [-0.2, -0.15) is 5.10 Å². The van der Waals surface area contributed by atoms with Gasteiger partial charge in [0.1, 0.15) is 11.5 Å². The molecule has 0 N–H and O–H groups in total. The second-order valence-electron chi connectivity index (χ2n) is 8.89. The van der Waals surface area contributed by atoms with Gasteiger partial charge in [0.2, 0.25) is 6.23 Å². The van der Waals surface area contributed by atoms with Crippen LogP contribution in [0.15, 0.2) is 96.1 Å². The molecule has 2 atom stereocenters. The van der Waals surface area contributed by atoms with E-state index in [0.717, 1.165) is 29.2 Å². The summed E-state index contributed by atoms with van der Waals surface area (Å²) in [6, 6.07) is 31.5. The molecular weight excluding hydrogens is 408 g/mol. The number of hydrazone groups is 1. The van der Waals surface area contributed by atoms with Crippen molar-refractivity contribution in [2.75, 3.05) is 0 Å². The van der Waals surface area contributed by atoms with E-state index in [1.165, 1.54) is 21.9 Å². The van der Waals surface area contributed by atoms with Crippen LogP contribution >= 0.6 is 0 Å². The van der Waals surface area contributed by atoms with Crippen LogP contribution in [0.4, 0.5) is 0 Å². The first kappa shape index (κ1) is 19.9. The predicted octanol–water partition coefficient (Wildman–Crippen LogP) is 6.87. The Morgan fingerprint density at radius 1 is 0.848 bits per heavy atom. The third-order valence-electron chi connectivity index (χ3n) is 6.35. The first-order chi connectivity index (χ1) is 16.2. The second kappa shape index (κ2) is 7.96. The molecule has 0 fully saturated rings. The molecule has 2 aliphatic rings. The zero-order valence-corrected chi connectivity index (χ0v) is 18.8. The summed E-state index contributed by atoms with van der Waals surface area (Å²) in [5.74, 6) is 1.75. The van der Waals surface area contributed by atoms with Crippen molar-refractivity contribution >= 4 is 16.5 Å². The van der Waals surface area contributed by atoms with Gasteiger partial charge in [-0.05, 0) is 42.8 Å². The molecule has 0 unspecified atom stereocenters. The van der Waals surface area contributed by atoms with Gasteiger partial charge in [0.05, 0.1) is 23.4 Å². The lowest BCUT2D eigenvalue weighted by molar-refractivity contribution is -0.0210. The summed E-state index contributed by atoms with van der Waals surface area (Å²) >= 11 is 0. The van der Waals surface area contributed by atoms with Crippen LogP contribution in [0.1, 0.15) is 49.2 Å². The number of nitrogens with zero attached hydrogens (tertiary/aromatic N) is 2. The summed E-state index contributed by atoms with van der Waals surface area (Å²) in [5.41, 5.74) is 4.44. The Morgan fingerprint density at radius 2 is 1.58 bits per heavy atom. The number of benzene rings is 4. The standard InChI is InChI=1S/C29H26N2O2/c1-19(2)32-28-17-8-6-14-24(28)29-31-26(23-13-5-7-16-27(23)33-29)18-25(30-31)22-15-9-11-20-10-3-4-12-21(20)22/h3-17,19,26,29H,18H2,1-2H3/t26-,29-/m1/s1. The van der Waals surface area contributed by atoms with E-state index in [0.29, 0.717) is 0 Å². The fourth-order valence-corrected chi connectivity index (χ4v) is 4.92. The third kappa shape index (κ3) is 3.43. The molecule has 2 heterocycles. The third-order valence-corrected chi connectivity index (χ3v) is 6.35. The maximum absolute atomic E-state index is 6.56. The Morgan fingerprint density at radius 3 is 2.45 bits per heavy atom. The van der Waals surface area contributed by atoms with E-state index in [9.17, 15) is 0 Å². The molecule has 0 amide bonds. The molecule has 33 heavy (non-hydrogen) atoms. The molecule has 164 valence electrons. The van der Waals surface area contributed by atoms with Gasteiger partial charge in [-0.1, -0.05) is 72.8 Å². The Hall–Kier alpha value is -3.79. The summed E-state index contributed by atoms with van der Waals surface area (Å²) in [6.45, 7) is 4.09. The molecule has 4 nitrogen and oxygen atoms in total. The van der Waals surface area contributed by atoms with Gasteiger partial charge in [0.15, 0.2) is 0 Å². The summed E-state index contributed by atoms with van der Waals surface area (Å²) in [7, 11) is 0. The highest BCUT2D eigenvalue weighted by Crippen LogP contribution is 2.49. The fourth-order valence-electron chi connectivity index (χ4n) is 4.92. The van der Waals surface area contributed by atoms with E-state index >= 15 is 0 Å². The maximum atomic E-state index is 6.56. The summed E-state index contributed by atoms with van der Waals surface area (Å²) in [6.07, 6.45) is 0.552.